The fourth-order valence-corrected chi connectivity index (χ4v) is 8.66. The molecule has 0 saturated carbocycles. The van der Waals surface area contributed by atoms with E-state index in [-0.39, 0.29) is 165 Å². The average Bonchev–Trinajstić information content (AvgIpc) is 1.04. The van der Waals surface area contributed by atoms with E-state index in [9.17, 15) is 81.5 Å². The molecule has 0 bridgehead atoms. The molecule has 11 N–H and O–H groups in total. The molecule has 0 aromatic carbocycles. The van der Waals surface area contributed by atoms with Crippen LogP contribution < -0.4 is 58.5 Å². The zero-order valence-corrected chi connectivity index (χ0v) is 89.0. The first kappa shape index (κ1) is 145. The Morgan fingerprint density at radius 1 is 0.162 bits per heavy atom. The summed E-state index contributed by atoms with van der Waals surface area (Å²) in [5, 5.41) is 30.7. The van der Waals surface area contributed by atoms with Crippen molar-refractivity contribution in [2.45, 2.75) is 402 Å². The van der Waals surface area contributed by atoms with E-state index in [1.807, 2.05) is 152 Å². The molecule has 0 unspecified atom stereocenters. The molecule has 0 aliphatic rings. The van der Waals surface area contributed by atoms with Gasteiger partial charge in [-0.15, -0.1) is 0 Å². The van der Waals surface area contributed by atoms with Gasteiger partial charge in [0, 0.05) is 182 Å². The van der Waals surface area contributed by atoms with Crippen LogP contribution in [0.2, 0.25) is 0 Å². The lowest BCUT2D eigenvalue weighted by molar-refractivity contribution is -0.125. The van der Waals surface area contributed by atoms with Crippen LogP contribution in [0.25, 0.3) is 0 Å². The van der Waals surface area contributed by atoms with Gasteiger partial charge in [0.25, 0.3) is 0 Å². The van der Waals surface area contributed by atoms with Crippen LogP contribution in [-0.4, -0.2) is 185 Å². The average molecular weight is 1860 g/mol. The van der Waals surface area contributed by atoms with Crippen LogP contribution in [0.15, 0.2) is 0 Å². The number of carbonyl (C=O) groups excluding carboxylic acids is 17. The van der Waals surface area contributed by atoms with E-state index >= 15 is 0 Å². The molecule has 0 aromatic rings. The van der Waals surface area contributed by atoms with Crippen LogP contribution in [0.5, 0.6) is 0 Å². The highest BCUT2D eigenvalue weighted by Crippen LogP contribution is 2.05. The minimum atomic E-state index is 0.00181. The molecule has 0 rings (SSSR count). The summed E-state index contributed by atoms with van der Waals surface area (Å²) in [5.41, 5.74) is 0. The molecule has 29 heteroatoms. The predicted octanol–water partition coefficient (Wildman–Crippen LogP) is 16.5. The highest BCUT2D eigenvalue weighted by Gasteiger charge is 2.13. The van der Waals surface area contributed by atoms with Crippen molar-refractivity contribution in [1.29, 1.82) is 0 Å². The molecule has 0 heterocycles. The van der Waals surface area contributed by atoms with E-state index < -0.39 is 0 Å². The standard InChI is InChI=1S/C11H23NO.2C10H19NO2.C10H21NO.2C9H17NO2.C9H19NO2.C9H19NO.2C8H15NO2.C8H17NO/c1-4-5-6-7-8-9-12-11(13)10(2)3;2*1-8(2)10(13)11-7-5-4-6-9(3)12;1-4-5-6-7-8-11-10(12)9(2)3;2*1-7(2)9(12)10-6-4-5-8(3)11;1-4-6-12-7-5-10-9(11)8(2)3;1-4-5-6-7-10-9(11)8(2)3;2*1-6(2)8(11)9-5-4-7(3)10;1-4-5-6-9-8(10)7(2)3/h10H,4-9H2,1-3H3,(H,12,13);2*8H,4-7H2,1-3H3,(H,11,13);9H,4-8H2,1-3H3,(H,11,12);2*7H,4-6H2,1-3H3,(H,10,12);8H,4-7H2,1-3H3,(H,10,11);8H,4-7H2,1-3H3,(H,10,11);2*6H,4-5H2,1-3H3,(H,9,11);7H,4-6H2,1-3H3,(H,9,10). The molecular weight excluding hydrogens is 1660 g/mol. The zero-order valence-electron chi connectivity index (χ0n) is 89.0. The van der Waals surface area contributed by atoms with Crippen LogP contribution >= 0.6 is 0 Å². The minimum absolute atomic E-state index is 0.00181. The molecule has 130 heavy (non-hydrogen) atoms. The number of ether oxygens (including phenoxy) is 1. The van der Waals surface area contributed by atoms with Crippen LogP contribution in [0.4, 0.5) is 0 Å². The van der Waals surface area contributed by atoms with Crippen molar-refractivity contribution in [3.05, 3.63) is 0 Å². The first-order valence-electron chi connectivity index (χ1n) is 49.2. The summed E-state index contributed by atoms with van der Waals surface area (Å²) in [6.45, 7) is 70.2. The third-order valence-corrected chi connectivity index (χ3v) is 17.6. The maximum Gasteiger partial charge on any atom is 0.222 e. The lowest BCUT2D eigenvalue weighted by Crippen LogP contribution is -2.30. The van der Waals surface area contributed by atoms with Gasteiger partial charge in [-0.2, -0.15) is 0 Å². The molecule has 0 saturated heterocycles. The summed E-state index contributed by atoms with van der Waals surface area (Å²) in [6, 6.07) is 0. The Bertz CT molecular complexity index is 2720. The highest BCUT2D eigenvalue weighted by atomic mass is 16.5. The maximum atomic E-state index is 11.1. The predicted molar refractivity (Wildman–Crippen MR) is 534 cm³/mol. The van der Waals surface area contributed by atoms with Crippen molar-refractivity contribution >= 4 is 99.7 Å². The Hall–Kier alpha value is -7.85. The van der Waals surface area contributed by atoms with Gasteiger partial charge in [-0.1, -0.05) is 251 Å². The number of carbonyl (C=O) groups is 17. The van der Waals surface area contributed by atoms with Crippen molar-refractivity contribution in [3.63, 3.8) is 0 Å². The van der Waals surface area contributed by atoms with Crippen molar-refractivity contribution in [1.82, 2.24) is 58.5 Å². The normalized spacial score (nSPS) is 10.1. The molecule has 0 aliphatic carbocycles. The summed E-state index contributed by atoms with van der Waals surface area (Å²) in [6.07, 6.45) is 26.1. The number of nitrogens with one attached hydrogen (secondary N) is 11. The minimum Gasteiger partial charge on any atom is -0.380 e. The van der Waals surface area contributed by atoms with Gasteiger partial charge in [-0.25, -0.2) is 0 Å². The summed E-state index contributed by atoms with van der Waals surface area (Å²) >= 11 is 0. The van der Waals surface area contributed by atoms with Gasteiger partial charge in [0.05, 0.1) is 6.61 Å². The molecule has 0 fully saturated rings. The van der Waals surface area contributed by atoms with Crippen molar-refractivity contribution in [2.24, 2.45) is 65.1 Å². The maximum absolute atomic E-state index is 11.1. The van der Waals surface area contributed by atoms with E-state index in [4.69, 9.17) is 4.74 Å². The zero-order chi connectivity index (χ0) is 103. The van der Waals surface area contributed by atoms with Gasteiger partial charge in [0.1, 0.15) is 34.7 Å². The first-order chi connectivity index (χ1) is 60.6. The Balaban J connectivity index is -0.000000133. The molecule has 0 atom stereocenters. The molecular formula is C101H201N11O18. The van der Waals surface area contributed by atoms with E-state index in [1.54, 1.807) is 27.7 Å². The summed E-state index contributed by atoms with van der Waals surface area (Å²) < 4.78 is 5.20. The summed E-state index contributed by atoms with van der Waals surface area (Å²) in [7, 11) is 0. The second-order valence-electron chi connectivity index (χ2n) is 35.9. The van der Waals surface area contributed by atoms with E-state index in [2.05, 4.69) is 93.1 Å². The number of Topliss-reactive ketones (excluding diaryl/α,β-unsaturated/α-hetero) is 6. The van der Waals surface area contributed by atoms with Crippen LogP contribution in [0.3, 0.4) is 0 Å². The number of amides is 11. The number of ketones is 6. The van der Waals surface area contributed by atoms with Gasteiger partial charge < -0.3 is 82.4 Å². The molecule has 0 spiro atoms. The Labute approximate surface area is 792 Å². The van der Waals surface area contributed by atoms with E-state index in [0.717, 1.165) is 110 Å². The SMILES string of the molecule is CC(=O)CCCCNC(=O)C(C)C.CC(=O)CCCCNC(=O)C(C)C.CC(=O)CCCNC(=O)C(C)C.CC(=O)CCCNC(=O)C(C)C.CC(=O)CCNC(=O)C(C)C.CC(=O)CCNC(=O)C(C)C.CCCCCCCNC(=O)C(C)C.CCCCCCNC(=O)C(C)C.CCCCCNC(=O)C(C)C.CCCCNC(=O)C(C)C.CCCOCCNC(=O)C(C)C. The van der Waals surface area contributed by atoms with Gasteiger partial charge in [0.2, 0.25) is 65.0 Å². The quantitative estimate of drug-likeness (QED) is 0.0252. The Morgan fingerprint density at radius 2 is 0.315 bits per heavy atom. The number of unbranched alkanes of at least 4 members (excludes halogenated alkanes) is 12. The lowest BCUT2D eigenvalue weighted by Gasteiger charge is -2.07. The molecule has 0 aromatic heterocycles. The molecule has 768 valence electrons. The smallest absolute Gasteiger partial charge is 0.222 e. The highest BCUT2D eigenvalue weighted by molar-refractivity contribution is 5.83. The van der Waals surface area contributed by atoms with Gasteiger partial charge >= 0.3 is 0 Å². The van der Waals surface area contributed by atoms with Crippen LogP contribution in [-0.2, 0) is 86.2 Å². The van der Waals surface area contributed by atoms with E-state index in [0.29, 0.717) is 90.9 Å². The molecule has 11 amide bonds. The van der Waals surface area contributed by atoms with Gasteiger partial charge in [-0.3, -0.25) is 62.3 Å². The molecule has 29 nitrogen and oxygen atoms in total. The number of hydrogen-bond acceptors (Lipinski definition) is 18. The molecule has 0 aliphatic heterocycles. The topological polar surface area (TPSA) is 432 Å². The van der Waals surface area contributed by atoms with E-state index in [1.165, 1.54) is 71.6 Å². The van der Waals surface area contributed by atoms with Crippen LogP contribution in [0, 0.1) is 65.1 Å². The van der Waals surface area contributed by atoms with Gasteiger partial charge in [-0.05, 0) is 112 Å². The fourth-order valence-electron chi connectivity index (χ4n) is 8.66. The second kappa shape index (κ2) is 106. The van der Waals surface area contributed by atoms with Crippen molar-refractivity contribution < 1.29 is 86.2 Å². The number of hydrogen-bond donors (Lipinski definition) is 11. The Morgan fingerprint density at radius 3 is 0.515 bits per heavy atom. The van der Waals surface area contributed by atoms with Crippen LogP contribution in [0.1, 0.15) is 402 Å². The van der Waals surface area contributed by atoms with Crippen molar-refractivity contribution in [3.8, 4) is 0 Å². The summed E-state index contributed by atoms with van der Waals surface area (Å²) in [5.74, 6) is 2.77. The first-order valence-corrected chi connectivity index (χ1v) is 49.2. The lowest BCUT2D eigenvalue weighted by atomic mass is 10.1. The fraction of sp³-hybridized carbons (Fsp3) is 0.832. The third-order valence-electron chi connectivity index (χ3n) is 17.6. The summed E-state index contributed by atoms with van der Waals surface area (Å²) in [4.78, 5) is 184. The second-order valence-corrected chi connectivity index (χ2v) is 35.9. The molecule has 0 radical (unpaired) electrons. The monoisotopic (exact) mass is 1860 g/mol. The third kappa shape index (κ3) is 138. The van der Waals surface area contributed by atoms with Gasteiger partial charge in [0.15, 0.2) is 0 Å². The van der Waals surface area contributed by atoms with Crippen molar-refractivity contribution in [2.75, 3.05) is 85.2 Å². The number of rotatable bonds is 58. The Kier molecular flexibility index (Phi) is 119. The largest absolute Gasteiger partial charge is 0.380 e.